The zero-order valence-corrected chi connectivity index (χ0v) is 17.4. The minimum atomic E-state index is -0.797. The lowest BCUT2D eigenvalue weighted by Gasteiger charge is -2.41. The molecule has 7 heteroatoms. The number of benzene rings is 1. The molecular weight excluding hydrogens is 432 g/mol. The minimum absolute atomic E-state index is 0.126. The van der Waals surface area contributed by atoms with Gasteiger partial charge in [-0.3, -0.25) is 25.0 Å². The average Bonchev–Trinajstić information content (AvgIpc) is 2.75. The Morgan fingerprint density at radius 2 is 1.93 bits per heavy atom. The smallest absolute Gasteiger partial charge is 0.240 e. The van der Waals surface area contributed by atoms with Crippen LogP contribution < -0.4 is 0 Å². The molecule has 3 atom stereocenters. The minimum Gasteiger partial charge on any atom is -0.285 e. The normalized spacial score (nSPS) is 22.3. The van der Waals surface area contributed by atoms with Crippen molar-refractivity contribution in [2.45, 2.75) is 31.0 Å². The van der Waals surface area contributed by atoms with Gasteiger partial charge < -0.3 is 0 Å². The van der Waals surface area contributed by atoms with Crippen LogP contribution in [0, 0.1) is 10.1 Å². The topological polar surface area (TPSA) is 72.2 Å². The second-order valence-corrected chi connectivity index (χ2v) is 8.08. The van der Waals surface area contributed by atoms with Crippen LogP contribution in [0.1, 0.15) is 35.2 Å². The zero-order chi connectivity index (χ0) is 20.2. The van der Waals surface area contributed by atoms with Crippen molar-refractivity contribution < 1.29 is 4.92 Å². The first-order valence-corrected chi connectivity index (χ1v) is 10.4. The molecule has 0 radical (unpaired) electrons. The van der Waals surface area contributed by atoms with Gasteiger partial charge in [-0.15, -0.1) is 0 Å². The van der Waals surface area contributed by atoms with Crippen molar-refractivity contribution in [1.82, 2.24) is 14.9 Å². The van der Waals surface area contributed by atoms with E-state index in [9.17, 15) is 10.1 Å². The van der Waals surface area contributed by atoms with Crippen LogP contribution in [0.2, 0.25) is 0 Å². The van der Waals surface area contributed by atoms with Crippen molar-refractivity contribution in [3.8, 4) is 0 Å². The highest BCUT2D eigenvalue weighted by Gasteiger charge is 2.48. The lowest BCUT2D eigenvalue weighted by molar-refractivity contribution is -0.540. The molecule has 0 amide bonds. The van der Waals surface area contributed by atoms with E-state index in [0.29, 0.717) is 13.0 Å². The van der Waals surface area contributed by atoms with Gasteiger partial charge in [-0.1, -0.05) is 46.3 Å². The number of hydrogen-bond donors (Lipinski definition) is 0. The van der Waals surface area contributed by atoms with Crippen molar-refractivity contribution in [1.29, 1.82) is 0 Å². The van der Waals surface area contributed by atoms with Gasteiger partial charge in [0.15, 0.2) is 0 Å². The predicted molar refractivity (Wildman–Crippen MR) is 114 cm³/mol. The van der Waals surface area contributed by atoms with Crippen molar-refractivity contribution in [3.63, 3.8) is 0 Å². The monoisotopic (exact) mass is 452 g/mol. The fourth-order valence-electron chi connectivity index (χ4n) is 4.24. The quantitative estimate of drug-likeness (QED) is 0.417. The Hall–Kier alpha value is -2.64. The summed E-state index contributed by atoms with van der Waals surface area (Å²) in [5.41, 5.74) is 2.75. The van der Waals surface area contributed by atoms with Crippen molar-refractivity contribution in [2.75, 3.05) is 6.54 Å². The Morgan fingerprint density at radius 3 is 2.62 bits per heavy atom. The van der Waals surface area contributed by atoms with Crippen LogP contribution in [0.15, 0.2) is 77.7 Å². The van der Waals surface area contributed by atoms with Crippen LogP contribution >= 0.6 is 15.9 Å². The molecule has 6 nitrogen and oxygen atoms in total. The molecule has 148 valence electrons. The van der Waals surface area contributed by atoms with Crippen molar-refractivity contribution in [2.24, 2.45) is 0 Å². The van der Waals surface area contributed by atoms with Gasteiger partial charge in [0.05, 0.1) is 11.6 Å². The molecule has 4 rings (SSSR count). The van der Waals surface area contributed by atoms with Crippen LogP contribution in [0.25, 0.3) is 0 Å². The van der Waals surface area contributed by atoms with Gasteiger partial charge in [-0.25, -0.2) is 0 Å². The molecule has 0 N–H and O–H groups in total. The second kappa shape index (κ2) is 8.80. The van der Waals surface area contributed by atoms with Gasteiger partial charge in [-0.05, 0) is 41.8 Å². The predicted octanol–water partition coefficient (Wildman–Crippen LogP) is 4.62. The summed E-state index contributed by atoms with van der Waals surface area (Å²) in [6.45, 7) is 1.34. The first-order valence-electron chi connectivity index (χ1n) is 9.57. The third-order valence-corrected chi connectivity index (χ3v) is 6.23. The fourth-order valence-corrected chi connectivity index (χ4v) is 4.82. The number of piperidine rings is 1. The van der Waals surface area contributed by atoms with E-state index in [1.165, 1.54) is 0 Å². The molecule has 29 heavy (non-hydrogen) atoms. The van der Waals surface area contributed by atoms with E-state index in [1.807, 2.05) is 60.8 Å². The largest absolute Gasteiger partial charge is 0.285 e. The van der Waals surface area contributed by atoms with E-state index < -0.39 is 12.1 Å². The highest BCUT2D eigenvalue weighted by Crippen LogP contribution is 2.43. The number of nitro groups is 1. The summed E-state index contributed by atoms with van der Waals surface area (Å²) < 4.78 is 0.914. The molecule has 3 aromatic rings. The first-order chi connectivity index (χ1) is 14.1. The number of aromatic nitrogens is 2. The number of halogens is 1. The van der Waals surface area contributed by atoms with Crippen molar-refractivity contribution >= 4 is 15.9 Å². The molecule has 1 fully saturated rings. The Bertz CT molecular complexity index is 971. The Kier molecular flexibility index (Phi) is 5.97. The van der Waals surface area contributed by atoms with Gasteiger partial charge in [0.2, 0.25) is 6.04 Å². The summed E-state index contributed by atoms with van der Waals surface area (Å²) in [5.74, 6) is -0.197. The molecule has 2 aromatic heterocycles. The van der Waals surface area contributed by atoms with E-state index in [1.54, 1.807) is 12.4 Å². The number of likely N-dealkylation sites (tertiary alicyclic amines) is 1. The van der Waals surface area contributed by atoms with Crippen LogP contribution in [0.3, 0.4) is 0 Å². The Labute approximate surface area is 177 Å². The molecule has 0 unspecified atom stereocenters. The van der Waals surface area contributed by atoms with Crippen molar-refractivity contribution in [3.05, 3.63) is 105 Å². The third-order valence-electron chi connectivity index (χ3n) is 5.50. The molecule has 0 aliphatic carbocycles. The number of rotatable bonds is 5. The van der Waals surface area contributed by atoms with Gasteiger partial charge in [0.25, 0.3) is 0 Å². The molecular formula is C22H21BrN4O2. The van der Waals surface area contributed by atoms with Gasteiger partial charge >= 0.3 is 0 Å². The van der Waals surface area contributed by atoms with E-state index in [-0.39, 0.29) is 10.8 Å². The Morgan fingerprint density at radius 1 is 1.10 bits per heavy atom. The highest BCUT2D eigenvalue weighted by atomic mass is 79.9. The zero-order valence-electron chi connectivity index (χ0n) is 15.8. The van der Waals surface area contributed by atoms with Crippen LogP contribution in [-0.4, -0.2) is 32.4 Å². The van der Waals surface area contributed by atoms with Crippen LogP contribution in [0.4, 0.5) is 0 Å². The molecule has 1 aliphatic heterocycles. The number of hydrogen-bond acceptors (Lipinski definition) is 5. The maximum atomic E-state index is 12.4. The summed E-state index contributed by atoms with van der Waals surface area (Å²) in [5, 5.41) is 12.4. The first kappa shape index (κ1) is 19.7. The standard InChI is InChI=1S/C22H21BrN4O2/c23-19-8-2-1-7-17(19)18-10-13-26(15-16-6-5-11-24-14-16)22(21(18)27(28)29)20-9-3-4-12-25-20/h1-9,11-12,14,18,21-22H,10,13,15H2/t18-,21-,22-/m0/s1. The lowest BCUT2D eigenvalue weighted by Crippen LogP contribution is -2.49. The van der Waals surface area contributed by atoms with E-state index >= 15 is 0 Å². The summed E-state index contributed by atoms with van der Waals surface area (Å²) in [4.78, 5) is 23.1. The number of nitrogens with zero attached hydrogens (tertiary/aromatic N) is 4. The van der Waals surface area contributed by atoms with Crippen LogP contribution in [-0.2, 0) is 6.54 Å². The maximum Gasteiger partial charge on any atom is 0.240 e. The number of pyridine rings is 2. The maximum absolute atomic E-state index is 12.4. The van der Waals surface area contributed by atoms with Gasteiger partial charge in [0.1, 0.15) is 6.04 Å². The van der Waals surface area contributed by atoms with E-state index in [2.05, 4.69) is 30.8 Å². The van der Waals surface area contributed by atoms with Gasteiger partial charge in [0, 0.05) is 41.1 Å². The third kappa shape index (κ3) is 4.21. The molecule has 1 aromatic carbocycles. The molecule has 1 saturated heterocycles. The van der Waals surface area contributed by atoms with Gasteiger partial charge in [-0.2, -0.15) is 0 Å². The fraction of sp³-hybridized carbons (Fsp3) is 0.273. The Balaban J connectivity index is 1.76. The summed E-state index contributed by atoms with van der Waals surface area (Å²) in [6.07, 6.45) is 5.96. The van der Waals surface area contributed by atoms with E-state index in [4.69, 9.17) is 0 Å². The van der Waals surface area contributed by atoms with Crippen LogP contribution in [0.5, 0.6) is 0 Å². The van der Waals surface area contributed by atoms with E-state index in [0.717, 1.165) is 27.8 Å². The highest BCUT2D eigenvalue weighted by molar-refractivity contribution is 9.10. The summed E-state index contributed by atoms with van der Waals surface area (Å²) >= 11 is 3.59. The molecule has 1 aliphatic rings. The second-order valence-electron chi connectivity index (χ2n) is 7.22. The molecule has 0 spiro atoms. The average molecular weight is 453 g/mol. The summed E-state index contributed by atoms with van der Waals surface area (Å²) in [7, 11) is 0. The molecule has 0 bridgehead atoms. The summed E-state index contributed by atoms with van der Waals surface area (Å²) in [6, 6.07) is 16.1. The molecule has 3 heterocycles. The SMILES string of the molecule is O=[N+]([O-])[C@H]1[C@H](c2ccccc2Br)CCN(Cc2cccnc2)[C@H]1c1ccccn1. The molecule has 0 saturated carbocycles. The lowest BCUT2D eigenvalue weighted by atomic mass is 9.79.